The molecule has 0 amide bonds. The van der Waals surface area contributed by atoms with Crippen molar-refractivity contribution in [3.05, 3.63) is 88.9 Å². The van der Waals surface area contributed by atoms with Gasteiger partial charge in [-0.3, -0.25) is 4.79 Å². The maximum absolute atomic E-state index is 12.7. The lowest BCUT2D eigenvalue weighted by atomic mass is 9.89. The van der Waals surface area contributed by atoms with Gasteiger partial charge in [0.15, 0.2) is 12.4 Å². The standard InChI is InChI=1S/C26H25N3O5/c1-3-32-26(31)22-16(2)34-25-23(22)24(27)28-20(29-25)15-33-21(30)14-19(17-10-6-4-7-11-17)18-12-8-5-9-13-18/h4-13,19H,3,14-15H2,1-2H3,(H2,27,28,29). The summed E-state index contributed by atoms with van der Waals surface area (Å²) in [7, 11) is 0. The molecule has 0 saturated heterocycles. The average molecular weight is 460 g/mol. The predicted molar refractivity (Wildman–Crippen MR) is 126 cm³/mol. The largest absolute Gasteiger partial charge is 0.462 e. The number of rotatable bonds is 8. The minimum absolute atomic E-state index is 0.0578. The van der Waals surface area contributed by atoms with Gasteiger partial charge in [-0.2, -0.15) is 4.98 Å². The molecular weight excluding hydrogens is 434 g/mol. The molecule has 174 valence electrons. The number of nitrogen functional groups attached to an aromatic ring is 1. The maximum atomic E-state index is 12.7. The molecule has 0 aliphatic rings. The van der Waals surface area contributed by atoms with Gasteiger partial charge in [-0.25, -0.2) is 9.78 Å². The Kier molecular flexibility index (Phi) is 6.87. The number of carbonyl (C=O) groups is 2. The molecule has 0 fully saturated rings. The van der Waals surface area contributed by atoms with Crippen LogP contribution in [0.5, 0.6) is 0 Å². The number of fused-ring (bicyclic) bond motifs is 1. The number of ether oxygens (including phenoxy) is 2. The summed E-state index contributed by atoms with van der Waals surface area (Å²) in [5.74, 6) is -0.537. The number of nitrogens with two attached hydrogens (primary N) is 1. The zero-order valence-corrected chi connectivity index (χ0v) is 19.0. The van der Waals surface area contributed by atoms with Crippen LogP contribution in [0.4, 0.5) is 5.82 Å². The molecule has 0 saturated carbocycles. The third-order valence-corrected chi connectivity index (χ3v) is 5.42. The summed E-state index contributed by atoms with van der Waals surface area (Å²) in [6.07, 6.45) is 0.151. The van der Waals surface area contributed by atoms with Gasteiger partial charge in [-0.1, -0.05) is 60.7 Å². The molecule has 0 radical (unpaired) electrons. The Morgan fingerprint density at radius 3 is 2.18 bits per heavy atom. The number of carbonyl (C=O) groups excluding carboxylic acids is 2. The summed E-state index contributed by atoms with van der Waals surface area (Å²) in [5, 5.41) is 0.291. The van der Waals surface area contributed by atoms with Gasteiger partial charge in [-0.05, 0) is 25.0 Å². The average Bonchev–Trinajstić information content (AvgIpc) is 3.19. The Hall–Kier alpha value is -4.20. The van der Waals surface area contributed by atoms with Gasteiger partial charge in [0.1, 0.15) is 17.1 Å². The number of nitrogens with zero attached hydrogens (tertiary/aromatic N) is 2. The zero-order valence-electron chi connectivity index (χ0n) is 19.0. The van der Waals surface area contributed by atoms with E-state index < -0.39 is 11.9 Å². The summed E-state index contributed by atoms with van der Waals surface area (Å²) in [4.78, 5) is 33.5. The van der Waals surface area contributed by atoms with E-state index in [1.807, 2.05) is 60.7 Å². The third-order valence-electron chi connectivity index (χ3n) is 5.42. The van der Waals surface area contributed by atoms with E-state index >= 15 is 0 Å². The van der Waals surface area contributed by atoms with Crippen LogP contribution in [0.15, 0.2) is 65.1 Å². The Labute approximate surface area is 196 Å². The van der Waals surface area contributed by atoms with Gasteiger partial charge < -0.3 is 19.6 Å². The predicted octanol–water partition coefficient (Wildman–Crippen LogP) is 4.56. The first kappa shape index (κ1) is 23.0. The molecular formula is C26H25N3O5. The topological polar surface area (TPSA) is 118 Å². The van der Waals surface area contributed by atoms with Gasteiger partial charge in [0.05, 0.1) is 18.4 Å². The summed E-state index contributed by atoms with van der Waals surface area (Å²) in [6, 6.07) is 19.6. The van der Waals surface area contributed by atoms with Crippen LogP contribution < -0.4 is 5.73 Å². The van der Waals surface area contributed by atoms with Crippen molar-refractivity contribution < 1.29 is 23.5 Å². The quantitative estimate of drug-likeness (QED) is 0.381. The molecule has 0 bridgehead atoms. The second kappa shape index (κ2) is 10.2. The monoisotopic (exact) mass is 459 g/mol. The highest BCUT2D eigenvalue weighted by Gasteiger charge is 2.24. The van der Waals surface area contributed by atoms with Gasteiger partial charge in [0.2, 0.25) is 5.71 Å². The fraction of sp³-hybridized carbons (Fsp3) is 0.231. The number of hydrogen-bond acceptors (Lipinski definition) is 8. The highest BCUT2D eigenvalue weighted by atomic mass is 16.5. The van der Waals surface area contributed by atoms with E-state index in [0.717, 1.165) is 11.1 Å². The van der Waals surface area contributed by atoms with Gasteiger partial charge >= 0.3 is 11.9 Å². The minimum Gasteiger partial charge on any atom is -0.462 e. The van der Waals surface area contributed by atoms with E-state index in [1.165, 1.54) is 0 Å². The number of esters is 2. The summed E-state index contributed by atoms with van der Waals surface area (Å²) >= 11 is 0. The van der Waals surface area contributed by atoms with Crippen LogP contribution in [-0.4, -0.2) is 28.5 Å². The van der Waals surface area contributed by atoms with Crippen molar-refractivity contribution in [1.82, 2.24) is 9.97 Å². The van der Waals surface area contributed by atoms with E-state index in [4.69, 9.17) is 19.6 Å². The summed E-state index contributed by atoms with van der Waals surface area (Å²) in [6.45, 7) is 3.37. The van der Waals surface area contributed by atoms with Crippen LogP contribution >= 0.6 is 0 Å². The molecule has 2 aromatic carbocycles. The number of aromatic nitrogens is 2. The molecule has 34 heavy (non-hydrogen) atoms. The molecule has 8 heteroatoms. The van der Waals surface area contributed by atoms with E-state index in [2.05, 4.69) is 9.97 Å². The fourth-order valence-corrected chi connectivity index (χ4v) is 3.87. The zero-order chi connectivity index (χ0) is 24.1. The second-order valence-electron chi connectivity index (χ2n) is 7.70. The highest BCUT2D eigenvalue weighted by molar-refractivity contribution is 6.07. The molecule has 2 heterocycles. The van der Waals surface area contributed by atoms with Crippen LogP contribution in [0.2, 0.25) is 0 Å². The van der Waals surface area contributed by atoms with Gasteiger partial charge in [0, 0.05) is 5.92 Å². The number of aryl methyl sites for hydroxylation is 1. The van der Waals surface area contributed by atoms with Crippen molar-refractivity contribution in [1.29, 1.82) is 0 Å². The molecule has 0 aliphatic heterocycles. The Bertz CT molecular complexity index is 1260. The third kappa shape index (κ3) is 4.91. The molecule has 0 atom stereocenters. The Morgan fingerprint density at radius 1 is 0.971 bits per heavy atom. The van der Waals surface area contributed by atoms with Gasteiger partial charge in [0.25, 0.3) is 0 Å². The molecule has 0 unspecified atom stereocenters. The summed E-state index contributed by atoms with van der Waals surface area (Å²) in [5.41, 5.74) is 8.47. The van der Waals surface area contributed by atoms with Crippen LogP contribution in [0.1, 0.15) is 52.3 Å². The van der Waals surface area contributed by atoms with Crippen molar-refractivity contribution in [2.45, 2.75) is 32.8 Å². The highest BCUT2D eigenvalue weighted by Crippen LogP contribution is 2.30. The molecule has 4 aromatic rings. The lowest BCUT2D eigenvalue weighted by molar-refractivity contribution is -0.145. The van der Waals surface area contributed by atoms with Crippen molar-refractivity contribution >= 4 is 28.9 Å². The van der Waals surface area contributed by atoms with Crippen LogP contribution in [-0.2, 0) is 20.9 Å². The first-order chi connectivity index (χ1) is 16.5. The normalized spacial score (nSPS) is 11.0. The van der Waals surface area contributed by atoms with Crippen molar-refractivity contribution in [2.75, 3.05) is 12.3 Å². The second-order valence-corrected chi connectivity index (χ2v) is 7.70. The number of hydrogen-bond donors (Lipinski definition) is 1. The maximum Gasteiger partial charge on any atom is 0.342 e. The van der Waals surface area contributed by atoms with E-state index in [9.17, 15) is 9.59 Å². The molecule has 0 aliphatic carbocycles. The molecule has 4 rings (SSSR count). The van der Waals surface area contributed by atoms with Gasteiger partial charge in [-0.15, -0.1) is 0 Å². The van der Waals surface area contributed by atoms with Crippen LogP contribution in [0.25, 0.3) is 11.1 Å². The Balaban J connectivity index is 1.51. The SMILES string of the molecule is CCOC(=O)c1c(C)oc2nc(COC(=O)CC(c3ccccc3)c3ccccc3)nc(N)c12. The number of anilines is 1. The lowest BCUT2D eigenvalue weighted by Gasteiger charge is -2.17. The Morgan fingerprint density at radius 2 is 1.59 bits per heavy atom. The molecule has 8 nitrogen and oxygen atoms in total. The summed E-state index contributed by atoms with van der Waals surface area (Å²) < 4.78 is 16.1. The first-order valence-electron chi connectivity index (χ1n) is 11.0. The van der Waals surface area contributed by atoms with E-state index in [-0.39, 0.29) is 48.5 Å². The van der Waals surface area contributed by atoms with Crippen molar-refractivity contribution in [2.24, 2.45) is 0 Å². The van der Waals surface area contributed by atoms with Crippen molar-refractivity contribution in [3.8, 4) is 0 Å². The number of benzene rings is 2. The lowest BCUT2D eigenvalue weighted by Crippen LogP contribution is -2.13. The van der Waals surface area contributed by atoms with Crippen LogP contribution in [0.3, 0.4) is 0 Å². The molecule has 0 spiro atoms. The minimum atomic E-state index is -0.555. The van der Waals surface area contributed by atoms with Crippen molar-refractivity contribution in [3.63, 3.8) is 0 Å². The first-order valence-corrected chi connectivity index (χ1v) is 11.0. The number of furan rings is 1. The van der Waals surface area contributed by atoms with Crippen LogP contribution in [0, 0.1) is 6.92 Å². The van der Waals surface area contributed by atoms with E-state index in [0.29, 0.717) is 11.1 Å². The molecule has 2 N–H and O–H groups in total. The fourth-order valence-electron chi connectivity index (χ4n) is 3.87. The molecule has 2 aromatic heterocycles. The van der Waals surface area contributed by atoms with E-state index in [1.54, 1.807) is 13.8 Å². The smallest absolute Gasteiger partial charge is 0.342 e.